The lowest BCUT2D eigenvalue weighted by molar-refractivity contribution is -0.116. The van der Waals surface area contributed by atoms with E-state index in [9.17, 15) is 9.90 Å². The van der Waals surface area contributed by atoms with E-state index in [4.69, 9.17) is 16.3 Å². The lowest BCUT2D eigenvalue weighted by Crippen LogP contribution is -2.31. The van der Waals surface area contributed by atoms with E-state index < -0.39 is 0 Å². The summed E-state index contributed by atoms with van der Waals surface area (Å²) in [5.41, 5.74) is 1.36. The number of benzene rings is 2. The van der Waals surface area contributed by atoms with Crippen molar-refractivity contribution in [3.05, 3.63) is 54.1 Å². The molecule has 0 spiro atoms. The zero-order chi connectivity index (χ0) is 15.2. The number of ether oxygens (including phenoxy) is 1. The number of hydrogen-bond donors (Lipinski definition) is 1. The first kappa shape index (κ1) is 15.2. The molecule has 0 aliphatic heterocycles. The highest BCUT2D eigenvalue weighted by molar-refractivity contribution is 6.29. The van der Waals surface area contributed by atoms with E-state index in [1.165, 1.54) is 4.90 Å². The molecule has 2 rings (SSSR count). The van der Waals surface area contributed by atoms with Crippen LogP contribution in [0.3, 0.4) is 0 Å². The van der Waals surface area contributed by atoms with Gasteiger partial charge in [-0.2, -0.15) is 0 Å². The van der Waals surface area contributed by atoms with Crippen molar-refractivity contribution in [2.45, 2.75) is 6.54 Å². The van der Waals surface area contributed by atoms with Crippen LogP contribution in [0.1, 0.15) is 5.56 Å². The molecule has 1 amide bonds. The van der Waals surface area contributed by atoms with Crippen LogP contribution in [0.15, 0.2) is 48.5 Å². The zero-order valence-corrected chi connectivity index (χ0v) is 12.4. The number of carbonyl (C=O) groups is 1. The van der Waals surface area contributed by atoms with Gasteiger partial charge < -0.3 is 14.7 Å². The molecular formula is C16H16ClNO3. The number of methoxy groups -OCH3 is 1. The van der Waals surface area contributed by atoms with Crippen LogP contribution in [0, 0.1) is 0 Å². The van der Waals surface area contributed by atoms with E-state index >= 15 is 0 Å². The summed E-state index contributed by atoms with van der Waals surface area (Å²) < 4.78 is 5.10. The average Bonchev–Trinajstić information content (AvgIpc) is 2.53. The minimum atomic E-state index is -0.231. The second kappa shape index (κ2) is 6.99. The maximum Gasteiger partial charge on any atom is 0.242 e. The molecule has 1 N–H and O–H groups in total. The minimum absolute atomic E-state index is 0.125. The fourth-order valence-electron chi connectivity index (χ4n) is 1.97. The van der Waals surface area contributed by atoms with E-state index in [-0.39, 0.29) is 24.1 Å². The molecule has 0 heterocycles. The first-order valence-corrected chi connectivity index (χ1v) is 6.96. The Morgan fingerprint density at radius 3 is 2.43 bits per heavy atom. The van der Waals surface area contributed by atoms with E-state index in [0.29, 0.717) is 17.0 Å². The van der Waals surface area contributed by atoms with Gasteiger partial charge in [0, 0.05) is 11.3 Å². The third-order valence-electron chi connectivity index (χ3n) is 3.12. The normalized spacial score (nSPS) is 10.2. The molecule has 0 fully saturated rings. The summed E-state index contributed by atoms with van der Waals surface area (Å²) in [4.78, 5) is 13.6. The molecule has 0 aliphatic carbocycles. The summed E-state index contributed by atoms with van der Waals surface area (Å²) in [5.74, 6) is 0.502. The van der Waals surface area contributed by atoms with Crippen LogP contribution >= 0.6 is 11.6 Å². The number of halogens is 1. The SMILES string of the molecule is COc1ccc(N(Cc2ccccc2O)C(=O)CCl)cc1. The van der Waals surface area contributed by atoms with Crippen LogP contribution < -0.4 is 9.64 Å². The molecule has 0 atom stereocenters. The van der Waals surface area contributed by atoms with Gasteiger partial charge in [0.15, 0.2) is 0 Å². The molecular weight excluding hydrogens is 290 g/mol. The van der Waals surface area contributed by atoms with Gasteiger partial charge in [-0.05, 0) is 30.3 Å². The topological polar surface area (TPSA) is 49.8 Å². The summed E-state index contributed by atoms with van der Waals surface area (Å²) in [5, 5.41) is 9.85. The van der Waals surface area contributed by atoms with Gasteiger partial charge in [-0.3, -0.25) is 4.79 Å². The molecule has 0 saturated carbocycles. The van der Waals surface area contributed by atoms with Crippen LogP contribution in [-0.4, -0.2) is 24.0 Å². The van der Waals surface area contributed by atoms with Crippen molar-refractivity contribution < 1.29 is 14.6 Å². The Kier molecular flexibility index (Phi) is 5.06. The molecule has 21 heavy (non-hydrogen) atoms. The van der Waals surface area contributed by atoms with Crippen molar-refractivity contribution in [1.29, 1.82) is 0 Å². The van der Waals surface area contributed by atoms with E-state index in [2.05, 4.69) is 0 Å². The third-order valence-corrected chi connectivity index (χ3v) is 3.35. The van der Waals surface area contributed by atoms with Gasteiger partial charge in [-0.1, -0.05) is 18.2 Å². The van der Waals surface area contributed by atoms with Gasteiger partial charge in [0.25, 0.3) is 0 Å². The Morgan fingerprint density at radius 1 is 1.19 bits per heavy atom. The summed E-state index contributed by atoms with van der Waals surface area (Å²) in [6.45, 7) is 0.255. The van der Waals surface area contributed by atoms with Crippen molar-refractivity contribution >= 4 is 23.2 Å². The van der Waals surface area contributed by atoms with Crippen molar-refractivity contribution in [2.24, 2.45) is 0 Å². The zero-order valence-electron chi connectivity index (χ0n) is 11.6. The van der Waals surface area contributed by atoms with Crippen molar-refractivity contribution in [2.75, 3.05) is 17.9 Å². The Hall–Kier alpha value is -2.20. The third kappa shape index (κ3) is 3.67. The molecule has 4 nitrogen and oxygen atoms in total. The number of carbonyl (C=O) groups excluding carboxylic acids is 1. The van der Waals surface area contributed by atoms with Crippen LogP contribution in [0.5, 0.6) is 11.5 Å². The molecule has 0 saturated heterocycles. The summed E-state index contributed by atoms with van der Waals surface area (Å²) in [7, 11) is 1.58. The number of phenolic OH excluding ortho intramolecular Hbond substituents is 1. The number of amides is 1. The number of aromatic hydroxyl groups is 1. The predicted molar refractivity (Wildman–Crippen MR) is 83.0 cm³/mol. The van der Waals surface area contributed by atoms with Crippen LogP contribution in [-0.2, 0) is 11.3 Å². The standard InChI is InChI=1S/C16H16ClNO3/c1-21-14-8-6-13(7-9-14)18(16(20)10-17)11-12-4-2-3-5-15(12)19/h2-9,19H,10-11H2,1H3. The summed E-state index contributed by atoms with van der Waals surface area (Å²) in [6, 6.07) is 14.0. The van der Waals surface area contributed by atoms with Crippen LogP contribution in [0.4, 0.5) is 5.69 Å². The monoisotopic (exact) mass is 305 g/mol. The number of hydrogen-bond acceptors (Lipinski definition) is 3. The number of alkyl halides is 1. The highest BCUT2D eigenvalue weighted by Gasteiger charge is 2.16. The number of nitrogens with zero attached hydrogens (tertiary/aromatic N) is 1. The molecule has 2 aromatic rings. The lowest BCUT2D eigenvalue weighted by atomic mass is 10.1. The van der Waals surface area contributed by atoms with Gasteiger partial charge in [0.05, 0.1) is 13.7 Å². The Bertz CT molecular complexity index is 613. The molecule has 0 aromatic heterocycles. The van der Waals surface area contributed by atoms with Gasteiger partial charge in [-0.25, -0.2) is 0 Å². The van der Waals surface area contributed by atoms with Crippen molar-refractivity contribution in [3.63, 3.8) is 0 Å². The summed E-state index contributed by atoms with van der Waals surface area (Å²) >= 11 is 5.68. The molecule has 0 unspecified atom stereocenters. The maximum absolute atomic E-state index is 12.1. The van der Waals surface area contributed by atoms with Crippen LogP contribution in [0.25, 0.3) is 0 Å². The second-order valence-electron chi connectivity index (χ2n) is 4.44. The summed E-state index contributed by atoms with van der Waals surface area (Å²) in [6.07, 6.45) is 0. The van der Waals surface area contributed by atoms with E-state index in [1.54, 1.807) is 49.6 Å². The fraction of sp³-hybridized carbons (Fsp3) is 0.188. The Morgan fingerprint density at radius 2 is 1.86 bits per heavy atom. The molecule has 0 aliphatic rings. The largest absolute Gasteiger partial charge is 0.508 e. The van der Waals surface area contributed by atoms with Crippen molar-refractivity contribution in [3.8, 4) is 11.5 Å². The van der Waals surface area contributed by atoms with Gasteiger partial charge in [0.1, 0.15) is 17.4 Å². The molecule has 2 aromatic carbocycles. The Labute approximate surface area is 128 Å². The van der Waals surface area contributed by atoms with Crippen molar-refractivity contribution in [1.82, 2.24) is 0 Å². The maximum atomic E-state index is 12.1. The smallest absolute Gasteiger partial charge is 0.242 e. The first-order chi connectivity index (χ1) is 10.2. The quantitative estimate of drug-likeness (QED) is 0.863. The predicted octanol–water partition coefficient (Wildman–Crippen LogP) is 3.17. The molecule has 0 bridgehead atoms. The lowest BCUT2D eigenvalue weighted by Gasteiger charge is -2.22. The van der Waals surface area contributed by atoms with E-state index in [0.717, 1.165) is 0 Å². The number of anilines is 1. The van der Waals surface area contributed by atoms with Crippen LogP contribution in [0.2, 0.25) is 0 Å². The highest BCUT2D eigenvalue weighted by atomic mass is 35.5. The van der Waals surface area contributed by atoms with Gasteiger partial charge >= 0.3 is 0 Å². The first-order valence-electron chi connectivity index (χ1n) is 6.43. The Balaban J connectivity index is 2.30. The van der Waals surface area contributed by atoms with E-state index in [1.807, 2.05) is 6.07 Å². The highest BCUT2D eigenvalue weighted by Crippen LogP contribution is 2.24. The molecule has 5 heteroatoms. The molecule has 0 radical (unpaired) electrons. The van der Waals surface area contributed by atoms with Gasteiger partial charge in [-0.15, -0.1) is 11.6 Å². The number of rotatable bonds is 5. The number of para-hydroxylation sites is 1. The minimum Gasteiger partial charge on any atom is -0.508 e. The average molecular weight is 306 g/mol. The molecule has 110 valence electrons. The second-order valence-corrected chi connectivity index (χ2v) is 4.71. The number of phenols is 1. The van der Waals surface area contributed by atoms with Gasteiger partial charge in [0.2, 0.25) is 5.91 Å². The fourth-order valence-corrected chi connectivity index (χ4v) is 2.12.